The van der Waals surface area contributed by atoms with Gasteiger partial charge in [-0.3, -0.25) is 4.79 Å². The summed E-state index contributed by atoms with van der Waals surface area (Å²) in [6.45, 7) is 23.0. The van der Waals surface area contributed by atoms with Gasteiger partial charge in [0.1, 0.15) is 25.1 Å². The van der Waals surface area contributed by atoms with Crippen molar-refractivity contribution in [3.05, 3.63) is 51.5 Å². The van der Waals surface area contributed by atoms with E-state index in [1.165, 1.54) is 27.2 Å². The van der Waals surface area contributed by atoms with Crippen molar-refractivity contribution in [2.24, 2.45) is 5.41 Å². The molecule has 1 aliphatic heterocycles. The van der Waals surface area contributed by atoms with Crippen molar-refractivity contribution in [2.45, 2.75) is 93.4 Å². The minimum Gasteiger partial charge on any atom is -0.496 e. The predicted molar refractivity (Wildman–Crippen MR) is 153 cm³/mol. The van der Waals surface area contributed by atoms with Crippen molar-refractivity contribution < 1.29 is 19.1 Å². The number of carbonyl (C=O) groups is 3. The van der Waals surface area contributed by atoms with Gasteiger partial charge in [0.15, 0.2) is 0 Å². The van der Waals surface area contributed by atoms with Gasteiger partial charge in [-0.25, -0.2) is 0 Å². The molecule has 1 aromatic rings. The van der Waals surface area contributed by atoms with Crippen molar-refractivity contribution in [2.75, 3.05) is 12.9 Å². The van der Waals surface area contributed by atoms with Crippen molar-refractivity contribution in [1.82, 2.24) is 0 Å². The van der Waals surface area contributed by atoms with E-state index in [4.69, 9.17) is 14.3 Å². The van der Waals surface area contributed by atoms with Gasteiger partial charge in [-0.2, -0.15) is 0 Å². The molecule has 5 heteroatoms. The molecule has 0 N–H and O–H groups in total. The van der Waals surface area contributed by atoms with Gasteiger partial charge in [0.05, 0.1) is 7.11 Å². The highest BCUT2D eigenvalue weighted by Gasteiger charge is 2.35. The first kappa shape index (κ1) is 35.0. The topological polar surface area (TPSA) is 60.4 Å². The molecule has 0 saturated heterocycles. The third-order valence-corrected chi connectivity index (χ3v) is 7.74. The van der Waals surface area contributed by atoms with Crippen LogP contribution < -0.4 is 4.74 Å². The molecule has 198 valence electrons. The lowest BCUT2D eigenvalue weighted by molar-refractivity contribution is -0.126. The number of rotatable bonds is 8. The predicted octanol–water partition coefficient (Wildman–Crippen LogP) is 8.06. The van der Waals surface area contributed by atoms with Gasteiger partial charge in [0.2, 0.25) is 0 Å². The average molecular weight is 505 g/mol. The zero-order valence-corrected chi connectivity index (χ0v) is 24.6. The second-order valence-corrected chi connectivity index (χ2v) is 10.2. The Kier molecular flexibility index (Phi) is 17.3. The standard InChI is InChI=1S/C26H38O2S.C2H6.2CH2O/c1-9-26(10-2,21-12-13-22(28-8)19(4)15-21)24-16-18(3)20(17-29-24)11-14-23(27)25(5,6)7;3*1-2/h12-13,15-16H,9-11,14,17H2,1-8H3;1-2H3;2*1H2. The van der Waals surface area contributed by atoms with Crippen LogP contribution in [0.15, 0.2) is 40.3 Å². The third-order valence-electron chi connectivity index (χ3n) is 6.42. The summed E-state index contributed by atoms with van der Waals surface area (Å²) in [4.78, 5) is 29.8. The summed E-state index contributed by atoms with van der Waals surface area (Å²) >= 11 is 1.96. The Labute approximate surface area is 219 Å². The van der Waals surface area contributed by atoms with E-state index in [1.807, 2.05) is 60.0 Å². The molecule has 1 aromatic carbocycles. The highest BCUT2D eigenvalue weighted by molar-refractivity contribution is 8.03. The first-order valence-electron chi connectivity index (χ1n) is 12.4. The smallest absolute Gasteiger partial charge is 0.138 e. The second-order valence-electron chi connectivity index (χ2n) is 9.23. The molecule has 1 aliphatic rings. The Morgan fingerprint density at radius 2 is 1.57 bits per heavy atom. The number of methoxy groups -OCH3 is 1. The summed E-state index contributed by atoms with van der Waals surface area (Å²) in [5.41, 5.74) is 5.11. The molecule has 0 amide bonds. The first-order chi connectivity index (χ1) is 16.6. The Morgan fingerprint density at radius 1 is 1.03 bits per heavy atom. The molecule has 35 heavy (non-hydrogen) atoms. The molecule has 0 bridgehead atoms. The zero-order chi connectivity index (χ0) is 27.8. The molecule has 0 atom stereocenters. The van der Waals surface area contributed by atoms with Gasteiger partial charge in [0.25, 0.3) is 0 Å². The van der Waals surface area contributed by atoms with Crippen LogP contribution in [0.25, 0.3) is 0 Å². The molecule has 2 rings (SSSR count). The fourth-order valence-electron chi connectivity index (χ4n) is 4.13. The second kappa shape index (κ2) is 17.3. The number of ether oxygens (including phenoxy) is 1. The average Bonchev–Trinajstić information content (AvgIpc) is 2.87. The molecule has 0 radical (unpaired) electrons. The zero-order valence-electron chi connectivity index (χ0n) is 23.8. The summed E-state index contributed by atoms with van der Waals surface area (Å²) in [6.07, 6.45) is 6.05. The minimum absolute atomic E-state index is 0.0374. The number of hydrogen-bond acceptors (Lipinski definition) is 5. The summed E-state index contributed by atoms with van der Waals surface area (Å²) in [6, 6.07) is 6.63. The molecule has 0 unspecified atom stereocenters. The number of carbonyl (C=O) groups excluding carboxylic acids is 3. The number of benzene rings is 1. The first-order valence-corrected chi connectivity index (χ1v) is 13.4. The Hall–Kier alpha value is -2.14. The van der Waals surface area contributed by atoms with Crippen LogP contribution in [0, 0.1) is 12.3 Å². The van der Waals surface area contributed by atoms with Crippen molar-refractivity contribution in [1.29, 1.82) is 0 Å². The third kappa shape index (κ3) is 9.44. The highest BCUT2D eigenvalue weighted by atomic mass is 32.2. The van der Waals surface area contributed by atoms with E-state index < -0.39 is 0 Å². The maximum atomic E-state index is 12.3. The molecule has 0 spiro atoms. The number of ketones is 1. The van der Waals surface area contributed by atoms with Gasteiger partial charge >= 0.3 is 0 Å². The van der Waals surface area contributed by atoms with E-state index >= 15 is 0 Å². The fraction of sp³-hybridized carbons (Fsp3) is 0.567. The molecule has 0 aromatic heterocycles. The normalized spacial score (nSPS) is 13.1. The number of aryl methyl sites for hydroxylation is 1. The fourth-order valence-corrected chi connectivity index (χ4v) is 5.77. The van der Waals surface area contributed by atoms with Crippen LogP contribution >= 0.6 is 11.8 Å². The van der Waals surface area contributed by atoms with Crippen LogP contribution in [0.3, 0.4) is 0 Å². The summed E-state index contributed by atoms with van der Waals surface area (Å²) < 4.78 is 5.47. The van der Waals surface area contributed by atoms with E-state index in [0.717, 1.165) is 30.8 Å². The molecule has 0 fully saturated rings. The van der Waals surface area contributed by atoms with E-state index in [2.05, 4.69) is 52.0 Å². The van der Waals surface area contributed by atoms with Gasteiger partial charge < -0.3 is 14.3 Å². The Balaban J connectivity index is 0. The van der Waals surface area contributed by atoms with Gasteiger partial charge in [-0.05, 0) is 61.3 Å². The summed E-state index contributed by atoms with van der Waals surface area (Å²) in [5, 5.41) is 0. The maximum absolute atomic E-state index is 12.3. The van der Waals surface area contributed by atoms with Gasteiger partial charge in [-0.15, -0.1) is 11.8 Å². The largest absolute Gasteiger partial charge is 0.496 e. The Morgan fingerprint density at radius 3 is 1.97 bits per heavy atom. The van der Waals surface area contributed by atoms with Crippen LogP contribution in [-0.2, 0) is 19.8 Å². The molecule has 0 saturated carbocycles. The maximum Gasteiger partial charge on any atom is 0.138 e. The van der Waals surface area contributed by atoms with Crippen LogP contribution in [0.1, 0.15) is 92.2 Å². The van der Waals surface area contributed by atoms with Crippen LogP contribution in [0.5, 0.6) is 5.75 Å². The number of hydrogen-bond donors (Lipinski definition) is 0. The van der Waals surface area contributed by atoms with Crippen LogP contribution in [0.4, 0.5) is 0 Å². The minimum atomic E-state index is -0.247. The molecule has 0 aliphatic carbocycles. The SMILES string of the molecule is C=O.C=O.CC.CCC(CC)(C1=CC(C)=C(CCC(=O)C(C)(C)C)CS1)c1ccc(OC)c(C)c1. The summed E-state index contributed by atoms with van der Waals surface area (Å²) in [7, 11) is 1.73. The molecular formula is C30H48O4S. The van der Waals surface area contributed by atoms with Gasteiger partial charge in [-0.1, -0.05) is 71.7 Å². The van der Waals surface area contributed by atoms with Gasteiger partial charge in [0, 0.05) is 23.0 Å². The summed E-state index contributed by atoms with van der Waals surface area (Å²) in [5.74, 6) is 2.29. The molecule has 4 nitrogen and oxygen atoms in total. The van der Waals surface area contributed by atoms with E-state index in [0.29, 0.717) is 12.2 Å². The van der Waals surface area contributed by atoms with Crippen LogP contribution in [-0.4, -0.2) is 32.2 Å². The van der Waals surface area contributed by atoms with E-state index in [1.54, 1.807) is 7.11 Å². The monoisotopic (exact) mass is 504 g/mol. The van der Waals surface area contributed by atoms with Crippen molar-refractivity contribution in [3.8, 4) is 5.75 Å². The number of allylic oxidation sites excluding steroid dienone is 3. The van der Waals surface area contributed by atoms with E-state index in [9.17, 15) is 4.79 Å². The number of thioether (sulfide) groups is 1. The molecular weight excluding hydrogens is 456 g/mol. The Bertz CT molecular complexity index is 840. The highest BCUT2D eigenvalue weighted by Crippen LogP contribution is 2.48. The van der Waals surface area contributed by atoms with Crippen LogP contribution in [0.2, 0.25) is 0 Å². The lowest BCUT2D eigenvalue weighted by Crippen LogP contribution is -2.27. The lowest BCUT2D eigenvalue weighted by atomic mass is 9.74. The lowest BCUT2D eigenvalue weighted by Gasteiger charge is -2.37. The quantitative estimate of drug-likeness (QED) is 0.358. The van der Waals surface area contributed by atoms with Crippen molar-refractivity contribution in [3.63, 3.8) is 0 Å². The van der Waals surface area contributed by atoms with E-state index in [-0.39, 0.29) is 10.8 Å². The number of Topliss-reactive ketones (excluding diaryl/α,β-unsaturated/α-hetero) is 1. The van der Waals surface area contributed by atoms with Crippen molar-refractivity contribution >= 4 is 31.1 Å². The molecule has 1 heterocycles.